The first kappa shape index (κ1) is 6.41. The summed E-state index contributed by atoms with van der Waals surface area (Å²) in [5.41, 5.74) is 0. The molecule has 5 heavy (non-hydrogen) atoms. The minimum Gasteiger partial charge on any atom is -0.208 e. The molecule has 0 aromatic carbocycles. The molecule has 0 aliphatic heterocycles. The van der Waals surface area contributed by atoms with Gasteiger partial charge in [-0.05, 0) is 0 Å². The molecule has 0 N–H and O–H groups in total. The van der Waals surface area contributed by atoms with E-state index in [1.54, 1.807) is 0 Å². The summed E-state index contributed by atoms with van der Waals surface area (Å²) in [5, 5.41) is 0. The topological polar surface area (TPSA) is 34.1 Å². The molecule has 0 heterocycles. The van der Waals surface area contributed by atoms with Gasteiger partial charge in [0, 0.05) is 0 Å². The second-order valence-electron chi connectivity index (χ2n) is 0.378. The zero-order valence-corrected chi connectivity index (χ0v) is 7.11. The van der Waals surface area contributed by atoms with Gasteiger partial charge >= 0.3 is 0 Å². The fourth-order valence-corrected chi connectivity index (χ4v) is 0. The molecule has 0 rings (SSSR count). The van der Waals surface area contributed by atoms with Crippen LogP contribution in [0.1, 0.15) is 0 Å². The van der Waals surface area contributed by atoms with Crippen molar-refractivity contribution >= 4 is 46.6 Å². The SMILES string of the molecule is O=S(=O)(I)I. The molecule has 0 spiro atoms. The van der Waals surface area contributed by atoms with Gasteiger partial charge in [0.2, 0.25) is 0 Å². The van der Waals surface area contributed by atoms with Crippen LogP contribution in [0.2, 0.25) is 0 Å². The molecule has 0 aromatic rings. The molecule has 5 heteroatoms. The Morgan fingerprint density at radius 3 is 1.20 bits per heavy atom. The Labute approximate surface area is 54.4 Å². The fraction of sp³-hybridized carbons (Fsp3) is 0. The second-order valence-corrected chi connectivity index (χ2v) is 13.1. The maximum Gasteiger partial charge on any atom is 0.255 e. The molecule has 0 atom stereocenters. The minimum atomic E-state index is -2.73. The average molecular weight is 318 g/mol. The van der Waals surface area contributed by atoms with E-state index in [-0.39, 0.29) is 0 Å². The summed E-state index contributed by atoms with van der Waals surface area (Å²) in [6, 6.07) is 0. The van der Waals surface area contributed by atoms with Crippen molar-refractivity contribution in [1.82, 2.24) is 0 Å². The van der Waals surface area contributed by atoms with E-state index in [1.807, 2.05) is 0 Å². The van der Waals surface area contributed by atoms with Gasteiger partial charge in [-0.15, -0.1) is 0 Å². The normalized spacial score (nSPS) is 11.6. The second kappa shape index (κ2) is 1.92. The van der Waals surface area contributed by atoms with Gasteiger partial charge < -0.3 is 0 Å². The van der Waals surface area contributed by atoms with Crippen LogP contribution in [-0.4, -0.2) is 8.42 Å². The number of hydrogen-bond acceptors (Lipinski definition) is 2. The molecule has 0 aliphatic rings. The van der Waals surface area contributed by atoms with E-state index in [4.69, 9.17) is 0 Å². The lowest BCUT2D eigenvalue weighted by atomic mass is 15.9. The molecule has 2 nitrogen and oxygen atoms in total. The van der Waals surface area contributed by atoms with Gasteiger partial charge in [-0.2, -0.15) is 0 Å². The molecule has 0 saturated heterocycles. The molecule has 32 valence electrons. The Balaban J connectivity index is 4.06. The maximum absolute atomic E-state index is 9.61. The first-order valence-corrected chi connectivity index (χ1v) is 7.21. The van der Waals surface area contributed by atoms with Crippen molar-refractivity contribution < 1.29 is 8.42 Å². The fourth-order valence-electron chi connectivity index (χ4n) is 0. The van der Waals surface area contributed by atoms with Crippen molar-refractivity contribution in [3.63, 3.8) is 0 Å². The Hall–Kier alpha value is 1.41. The van der Waals surface area contributed by atoms with Crippen LogP contribution in [-0.2, 0) is 4.18 Å². The Bertz CT molecular complexity index is 90.8. The molecular weight excluding hydrogens is 318 g/mol. The van der Waals surface area contributed by atoms with Gasteiger partial charge in [-0.1, -0.05) is 0 Å². The van der Waals surface area contributed by atoms with Crippen molar-refractivity contribution in [3.8, 4) is 0 Å². The first-order chi connectivity index (χ1) is 2.00. The molecular formula is I2O2S. The highest BCUT2D eigenvalue weighted by Crippen LogP contribution is 2.08. The van der Waals surface area contributed by atoms with Crippen LogP contribution >= 0.6 is 42.4 Å². The van der Waals surface area contributed by atoms with Crippen molar-refractivity contribution in [2.75, 3.05) is 0 Å². The average Bonchev–Trinajstić information content (AvgIpc) is 0.722. The maximum atomic E-state index is 9.61. The third kappa shape index (κ3) is 31.6. The molecule has 0 unspecified atom stereocenters. The number of rotatable bonds is 0. The molecule has 0 aromatic heterocycles. The van der Waals surface area contributed by atoms with Crippen LogP contribution in [0.25, 0.3) is 0 Å². The van der Waals surface area contributed by atoms with Crippen LogP contribution in [0.5, 0.6) is 0 Å². The molecule has 0 saturated carbocycles. The third-order valence-corrected chi connectivity index (χ3v) is 0. The van der Waals surface area contributed by atoms with Crippen molar-refractivity contribution in [2.45, 2.75) is 0 Å². The third-order valence-electron chi connectivity index (χ3n) is 0. The molecule has 0 bridgehead atoms. The van der Waals surface area contributed by atoms with Crippen LogP contribution in [0, 0.1) is 0 Å². The molecule has 0 fully saturated rings. The van der Waals surface area contributed by atoms with Gasteiger partial charge in [-0.25, -0.2) is 8.42 Å². The van der Waals surface area contributed by atoms with E-state index in [9.17, 15) is 8.42 Å². The Kier molecular flexibility index (Phi) is 2.46. The summed E-state index contributed by atoms with van der Waals surface area (Å²) >= 11 is 2.67. The van der Waals surface area contributed by atoms with Gasteiger partial charge in [0.15, 0.2) is 0 Å². The van der Waals surface area contributed by atoms with Crippen LogP contribution in [0.4, 0.5) is 0 Å². The zero-order valence-electron chi connectivity index (χ0n) is 1.98. The largest absolute Gasteiger partial charge is 0.255 e. The lowest BCUT2D eigenvalue weighted by molar-refractivity contribution is 0.627. The minimum absolute atomic E-state index is 1.34. The Morgan fingerprint density at radius 1 is 1.20 bits per heavy atom. The highest BCUT2D eigenvalue weighted by Gasteiger charge is 1.86. The highest BCUT2D eigenvalue weighted by atomic mass is 127. The van der Waals surface area contributed by atoms with E-state index in [1.165, 1.54) is 42.4 Å². The first-order valence-electron chi connectivity index (χ1n) is 0.642. The van der Waals surface area contributed by atoms with Crippen LogP contribution in [0.15, 0.2) is 0 Å². The molecule has 0 amide bonds. The summed E-state index contributed by atoms with van der Waals surface area (Å²) in [6.45, 7) is 0. The number of hydrogen-bond donors (Lipinski definition) is 0. The summed E-state index contributed by atoms with van der Waals surface area (Å²) in [7, 11) is 0. The quantitative estimate of drug-likeness (QED) is 0.495. The van der Waals surface area contributed by atoms with Gasteiger partial charge in [0.25, 0.3) is 4.18 Å². The lowest BCUT2D eigenvalue weighted by Gasteiger charge is -1.62. The van der Waals surface area contributed by atoms with E-state index in [0.717, 1.165) is 0 Å². The van der Waals surface area contributed by atoms with E-state index in [2.05, 4.69) is 0 Å². The van der Waals surface area contributed by atoms with Crippen LogP contribution < -0.4 is 0 Å². The van der Waals surface area contributed by atoms with Gasteiger partial charge in [0.1, 0.15) is 0 Å². The standard InChI is InChI=1S/I2O2S/c1-5(2,3)4. The summed E-state index contributed by atoms with van der Waals surface area (Å²) in [4.78, 5) is 0. The summed E-state index contributed by atoms with van der Waals surface area (Å²) in [5.74, 6) is 0. The predicted octanol–water partition coefficient (Wildman–Crippen LogP) is 1.10. The van der Waals surface area contributed by atoms with Crippen molar-refractivity contribution in [3.05, 3.63) is 0 Å². The summed E-state index contributed by atoms with van der Waals surface area (Å²) < 4.78 is 16.5. The smallest absolute Gasteiger partial charge is 0.208 e. The zero-order chi connectivity index (χ0) is 4.50. The molecule has 0 radical (unpaired) electrons. The Morgan fingerprint density at radius 2 is 1.20 bits per heavy atom. The monoisotopic (exact) mass is 318 g/mol. The van der Waals surface area contributed by atoms with Crippen molar-refractivity contribution in [2.24, 2.45) is 0 Å². The highest BCUT2D eigenvalue weighted by molar-refractivity contribution is 14.3. The van der Waals surface area contributed by atoms with E-state index in [0.29, 0.717) is 0 Å². The van der Waals surface area contributed by atoms with Gasteiger partial charge in [0.05, 0.1) is 42.4 Å². The number of halogens is 2. The molecule has 0 aliphatic carbocycles. The van der Waals surface area contributed by atoms with Gasteiger partial charge in [-0.3, -0.25) is 0 Å². The van der Waals surface area contributed by atoms with Crippen LogP contribution in [0.3, 0.4) is 0 Å². The van der Waals surface area contributed by atoms with E-state index >= 15 is 0 Å². The van der Waals surface area contributed by atoms with Crippen molar-refractivity contribution in [1.29, 1.82) is 0 Å². The lowest BCUT2D eigenvalue weighted by Crippen LogP contribution is -1.60. The summed E-state index contributed by atoms with van der Waals surface area (Å²) in [6.07, 6.45) is 0. The van der Waals surface area contributed by atoms with E-state index < -0.39 is 4.18 Å². The predicted molar refractivity (Wildman–Crippen MR) is 37.0 cm³/mol.